The first-order valence-corrected chi connectivity index (χ1v) is 7.38. The van der Waals surface area contributed by atoms with Gasteiger partial charge in [0, 0.05) is 11.1 Å². The minimum atomic E-state index is -0.285. The number of aryl methyl sites for hydroxylation is 2. The van der Waals surface area contributed by atoms with Crippen LogP contribution < -0.4 is 5.32 Å². The number of benzene rings is 1. The molecule has 0 saturated heterocycles. The lowest BCUT2D eigenvalue weighted by Gasteiger charge is -2.12. The predicted molar refractivity (Wildman–Crippen MR) is 80.2 cm³/mol. The zero-order valence-electron chi connectivity index (χ0n) is 11.8. The van der Waals surface area contributed by atoms with Crippen LogP contribution in [0, 0.1) is 6.92 Å². The van der Waals surface area contributed by atoms with Gasteiger partial charge in [0.05, 0.1) is 11.6 Å². The second kappa shape index (κ2) is 6.05. The van der Waals surface area contributed by atoms with Crippen LogP contribution in [0.2, 0.25) is 0 Å². The molecule has 0 bridgehead atoms. The van der Waals surface area contributed by atoms with Crippen molar-refractivity contribution in [3.8, 4) is 5.75 Å². The van der Waals surface area contributed by atoms with Crippen LogP contribution in [-0.4, -0.2) is 16.0 Å². The molecule has 2 rings (SSSR count). The highest BCUT2D eigenvalue weighted by Gasteiger charge is 2.17. The molecule has 0 aliphatic carbocycles. The highest BCUT2D eigenvalue weighted by Crippen LogP contribution is 2.22. The van der Waals surface area contributed by atoms with E-state index in [2.05, 4.69) is 17.2 Å². The third-order valence-corrected chi connectivity index (χ3v) is 4.36. The molecule has 1 heterocycles. The van der Waals surface area contributed by atoms with Crippen molar-refractivity contribution in [2.45, 2.75) is 33.2 Å². The molecule has 2 N–H and O–H groups in total. The average molecular weight is 290 g/mol. The lowest BCUT2D eigenvalue weighted by Crippen LogP contribution is -2.26. The number of carbonyl (C=O) groups is 1. The SMILES string of the molecule is CCc1cnc(C(C)NC(=O)c2cc(C)ccc2O)s1. The highest BCUT2D eigenvalue weighted by molar-refractivity contribution is 7.11. The second-order valence-corrected chi connectivity index (χ2v) is 5.88. The van der Waals surface area contributed by atoms with E-state index >= 15 is 0 Å². The van der Waals surface area contributed by atoms with Crippen molar-refractivity contribution < 1.29 is 9.90 Å². The van der Waals surface area contributed by atoms with Crippen LogP contribution in [0.5, 0.6) is 5.75 Å². The molecule has 0 aliphatic heterocycles. The van der Waals surface area contributed by atoms with Gasteiger partial charge in [0.1, 0.15) is 10.8 Å². The Labute approximate surface area is 122 Å². The van der Waals surface area contributed by atoms with Crippen molar-refractivity contribution >= 4 is 17.2 Å². The number of nitrogens with zero attached hydrogens (tertiary/aromatic N) is 1. The van der Waals surface area contributed by atoms with Crippen LogP contribution >= 0.6 is 11.3 Å². The van der Waals surface area contributed by atoms with E-state index in [-0.39, 0.29) is 17.7 Å². The molecule has 0 saturated carbocycles. The third kappa shape index (κ3) is 3.17. The van der Waals surface area contributed by atoms with E-state index in [1.54, 1.807) is 23.5 Å². The van der Waals surface area contributed by atoms with Gasteiger partial charge in [0.15, 0.2) is 0 Å². The number of aromatic hydroxyl groups is 1. The van der Waals surface area contributed by atoms with E-state index in [0.29, 0.717) is 5.56 Å². The maximum Gasteiger partial charge on any atom is 0.255 e. The van der Waals surface area contributed by atoms with Crippen molar-refractivity contribution in [1.29, 1.82) is 0 Å². The Hall–Kier alpha value is -1.88. The van der Waals surface area contributed by atoms with E-state index in [1.807, 2.05) is 20.0 Å². The number of nitrogens with one attached hydrogen (secondary N) is 1. The fraction of sp³-hybridized carbons (Fsp3) is 0.333. The first-order valence-electron chi connectivity index (χ1n) is 6.56. The Kier molecular flexibility index (Phi) is 4.39. The van der Waals surface area contributed by atoms with Gasteiger partial charge in [-0.15, -0.1) is 11.3 Å². The fourth-order valence-corrected chi connectivity index (χ4v) is 2.71. The van der Waals surface area contributed by atoms with Gasteiger partial charge in [0.2, 0.25) is 0 Å². The number of carbonyl (C=O) groups excluding carboxylic acids is 1. The molecule has 1 unspecified atom stereocenters. The summed E-state index contributed by atoms with van der Waals surface area (Å²) in [6, 6.07) is 4.81. The van der Waals surface area contributed by atoms with E-state index in [1.165, 1.54) is 10.9 Å². The summed E-state index contributed by atoms with van der Waals surface area (Å²) < 4.78 is 0. The summed E-state index contributed by atoms with van der Waals surface area (Å²) in [4.78, 5) is 17.7. The number of thiazole rings is 1. The predicted octanol–water partition coefficient (Wildman–Crippen LogP) is 3.21. The largest absolute Gasteiger partial charge is 0.507 e. The standard InChI is InChI=1S/C15H18N2O2S/c1-4-11-8-16-15(20-11)10(3)17-14(19)12-7-9(2)5-6-13(12)18/h5-8,10,18H,4H2,1-3H3,(H,17,19). The van der Waals surface area contributed by atoms with Crippen molar-refractivity contribution in [1.82, 2.24) is 10.3 Å². The van der Waals surface area contributed by atoms with Crippen molar-refractivity contribution in [3.05, 3.63) is 45.4 Å². The van der Waals surface area contributed by atoms with E-state index in [9.17, 15) is 9.90 Å². The summed E-state index contributed by atoms with van der Waals surface area (Å²) in [7, 11) is 0. The van der Waals surface area contributed by atoms with Gasteiger partial charge >= 0.3 is 0 Å². The van der Waals surface area contributed by atoms with Crippen molar-refractivity contribution in [2.75, 3.05) is 0 Å². The number of hydrogen-bond donors (Lipinski definition) is 2. The molecule has 2 aromatic rings. The average Bonchev–Trinajstić information content (AvgIpc) is 2.90. The van der Waals surface area contributed by atoms with Crippen LogP contribution in [0.3, 0.4) is 0 Å². The molecule has 0 radical (unpaired) electrons. The first-order chi connectivity index (χ1) is 9.51. The Morgan fingerprint density at radius 2 is 2.25 bits per heavy atom. The molecule has 106 valence electrons. The second-order valence-electron chi connectivity index (χ2n) is 4.73. The minimum Gasteiger partial charge on any atom is -0.507 e. The smallest absolute Gasteiger partial charge is 0.255 e. The highest BCUT2D eigenvalue weighted by atomic mass is 32.1. The molecule has 0 spiro atoms. The summed E-state index contributed by atoms with van der Waals surface area (Å²) >= 11 is 1.60. The van der Waals surface area contributed by atoms with Crippen molar-refractivity contribution in [3.63, 3.8) is 0 Å². The monoisotopic (exact) mass is 290 g/mol. The molecular weight excluding hydrogens is 272 g/mol. The normalized spacial score (nSPS) is 12.2. The third-order valence-electron chi connectivity index (χ3n) is 3.03. The summed E-state index contributed by atoms with van der Waals surface area (Å²) in [6.07, 6.45) is 2.78. The van der Waals surface area contributed by atoms with Crippen LogP contribution in [-0.2, 0) is 6.42 Å². The molecule has 1 atom stereocenters. The molecular formula is C15H18N2O2S. The molecule has 4 nitrogen and oxygen atoms in total. The van der Waals surface area contributed by atoms with E-state index in [0.717, 1.165) is 17.0 Å². The Morgan fingerprint density at radius 3 is 2.90 bits per heavy atom. The Balaban J connectivity index is 2.12. The van der Waals surface area contributed by atoms with E-state index in [4.69, 9.17) is 0 Å². The van der Waals surface area contributed by atoms with Crippen molar-refractivity contribution in [2.24, 2.45) is 0 Å². The molecule has 20 heavy (non-hydrogen) atoms. The first kappa shape index (κ1) is 14.5. The van der Waals surface area contributed by atoms with Gasteiger partial charge in [0.25, 0.3) is 5.91 Å². The lowest BCUT2D eigenvalue weighted by atomic mass is 10.1. The molecule has 0 aliphatic rings. The van der Waals surface area contributed by atoms with E-state index < -0.39 is 0 Å². The van der Waals surface area contributed by atoms with Gasteiger partial charge in [-0.25, -0.2) is 4.98 Å². The number of aromatic nitrogens is 1. The van der Waals surface area contributed by atoms with Crippen LogP contribution in [0.25, 0.3) is 0 Å². The number of rotatable bonds is 4. The number of phenolic OH excluding ortho intramolecular Hbond substituents is 1. The van der Waals surface area contributed by atoms with Gasteiger partial charge < -0.3 is 10.4 Å². The quantitative estimate of drug-likeness (QED) is 0.909. The zero-order chi connectivity index (χ0) is 14.7. The zero-order valence-corrected chi connectivity index (χ0v) is 12.6. The van der Waals surface area contributed by atoms with Gasteiger partial charge in [-0.05, 0) is 32.4 Å². The molecule has 1 aromatic heterocycles. The molecule has 5 heteroatoms. The maximum absolute atomic E-state index is 12.2. The van der Waals surface area contributed by atoms with Crippen LogP contribution in [0.15, 0.2) is 24.4 Å². The van der Waals surface area contributed by atoms with Gasteiger partial charge in [-0.3, -0.25) is 4.79 Å². The van der Waals surface area contributed by atoms with Gasteiger partial charge in [-0.1, -0.05) is 18.6 Å². The topological polar surface area (TPSA) is 62.2 Å². The number of phenols is 1. The molecule has 1 amide bonds. The Morgan fingerprint density at radius 1 is 1.50 bits per heavy atom. The number of amides is 1. The lowest BCUT2D eigenvalue weighted by molar-refractivity contribution is 0.0937. The number of hydrogen-bond acceptors (Lipinski definition) is 4. The minimum absolute atomic E-state index is 0.00585. The summed E-state index contributed by atoms with van der Waals surface area (Å²) in [5.41, 5.74) is 1.23. The summed E-state index contributed by atoms with van der Waals surface area (Å²) in [5, 5.41) is 13.5. The fourth-order valence-electron chi connectivity index (χ4n) is 1.85. The molecule has 1 aromatic carbocycles. The summed E-state index contributed by atoms with van der Waals surface area (Å²) in [6.45, 7) is 5.85. The van der Waals surface area contributed by atoms with Crippen LogP contribution in [0.1, 0.15) is 45.7 Å². The Bertz CT molecular complexity index is 622. The maximum atomic E-state index is 12.2. The summed E-state index contributed by atoms with van der Waals surface area (Å²) in [5.74, 6) is -0.291. The molecule has 0 fully saturated rings. The van der Waals surface area contributed by atoms with Gasteiger partial charge in [-0.2, -0.15) is 0 Å². The van der Waals surface area contributed by atoms with Crippen LogP contribution in [0.4, 0.5) is 0 Å².